The molecule has 2 heterocycles. The molecule has 0 aliphatic heterocycles. The minimum atomic E-state index is -0.105. The molecule has 17 heavy (non-hydrogen) atoms. The van der Waals surface area contributed by atoms with Crippen molar-refractivity contribution in [1.82, 2.24) is 9.97 Å². The maximum absolute atomic E-state index is 5.85. The summed E-state index contributed by atoms with van der Waals surface area (Å²) in [7, 11) is 0. The fourth-order valence-corrected chi connectivity index (χ4v) is 2.89. The van der Waals surface area contributed by atoms with E-state index in [9.17, 15) is 0 Å². The standard InChI is InChI=1S/C12H14BrN3S/c1-12(2,3)11-15-9(4-10(14)16-11)7-5-17-6-8(7)13/h4-6H,1-3H3,(H2,14,15,16). The molecule has 2 rings (SSSR count). The van der Waals surface area contributed by atoms with E-state index >= 15 is 0 Å². The van der Waals surface area contributed by atoms with Crippen LogP contribution >= 0.6 is 27.3 Å². The monoisotopic (exact) mass is 311 g/mol. The van der Waals surface area contributed by atoms with Crippen LogP contribution in [-0.4, -0.2) is 9.97 Å². The van der Waals surface area contributed by atoms with Crippen molar-refractivity contribution in [3.05, 3.63) is 27.1 Å². The molecule has 0 aliphatic carbocycles. The molecule has 90 valence electrons. The van der Waals surface area contributed by atoms with Crippen LogP contribution in [0.3, 0.4) is 0 Å². The second-order valence-electron chi connectivity index (χ2n) is 4.89. The quantitative estimate of drug-likeness (QED) is 0.870. The summed E-state index contributed by atoms with van der Waals surface area (Å²) in [4.78, 5) is 8.89. The Kier molecular flexibility index (Phi) is 3.23. The molecule has 3 nitrogen and oxygen atoms in total. The average molecular weight is 312 g/mol. The van der Waals surface area contributed by atoms with E-state index in [2.05, 4.69) is 52.0 Å². The summed E-state index contributed by atoms with van der Waals surface area (Å²) in [6.07, 6.45) is 0. The molecule has 0 aromatic carbocycles. The molecular weight excluding hydrogens is 298 g/mol. The third-order valence-electron chi connectivity index (χ3n) is 2.31. The minimum absolute atomic E-state index is 0.105. The van der Waals surface area contributed by atoms with Crippen molar-refractivity contribution in [2.75, 3.05) is 5.73 Å². The second kappa shape index (κ2) is 4.38. The highest BCUT2D eigenvalue weighted by Gasteiger charge is 2.19. The number of nitrogens with zero attached hydrogens (tertiary/aromatic N) is 2. The van der Waals surface area contributed by atoms with Crippen molar-refractivity contribution in [2.24, 2.45) is 0 Å². The molecule has 0 fully saturated rings. The van der Waals surface area contributed by atoms with E-state index in [0.29, 0.717) is 5.82 Å². The van der Waals surface area contributed by atoms with Crippen molar-refractivity contribution in [3.63, 3.8) is 0 Å². The fourth-order valence-electron chi connectivity index (χ4n) is 1.40. The van der Waals surface area contributed by atoms with E-state index in [-0.39, 0.29) is 5.41 Å². The number of nitrogens with two attached hydrogens (primary N) is 1. The first-order valence-corrected chi connectivity index (χ1v) is 6.98. The number of thiophene rings is 1. The Bertz CT molecular complexity index is 543. The van der Waals surface area contributed by atoms with Crippen molar-refractivity contribution in [1.29, 1.82) is 0 Å². The number of nitrogen functional groups attached to an aromatic ring is 1. The van der Waals surface area contributed by atoms with Crippen LogP contribution in [0.15, 0.2) is 21.3 Å². The van der Waals surface area contributed by atoms with Gasteiger partial charge in [-0.3, -0.25) is 0 Å². The predicted octanol–water partition coefficient (Wildman–Crippen LogP) is 3.85. The summed E-state index contributed by atoms with van der Waals surface area (Å²) in [6, 6.07) is 1.81. The number of anilines is 1. The summed E-state index contributed by atoms with van der Waals surface area (Å²) >= 11 is 5.14. The van der Waals surface area contributed by atoms with Crippen LogP contribution < -0.4 is 5.73 Å². The first kappa shape index (κ1) is 12.5. The molecule has 0 atom stereocenters. The number of hydrogen-bond donors (Lipinski definition) is 1. The van der Waals surface area contributed by atoms with Gasteiger partial charge in [0.05, 0.1) is 5.69 Å². The first-order chi connectivity index (χ1) is 7.88. The van der Waals surface area contributed by atoms with Crippen LogP contribution in [0.25, 0.3) is 11.3 Å². The van der Waals surface area contributed by atoms with Gasteiger partial charge in [0.15, 0.2) is 0 Å². The summed E-state index contributed by atoms with van der Waals surface area (Å²) < 4.78 is 1.04. The van der Waals surface area contributed by atoms with Crippen LogP contribution in [0.4, 0.5) is 5.82 Å². The molecule has 2 aromatic rings. The van der Waals surface area contributed by atoms with Gasteiger partial charge in [-0.05, 0) is 15.9 Å². The number of hydrogen-bond acceptors (Lipinski definition) is 4. The highest BCUT2D eigenvalue weighted by molar-refractivity contribution is 9.10. The van der Waals surface area contributed by atoms with Crippen LogP contribution in [-0.2, 0) is 5.41 Å². The maximum atomic E-state index is 5.85. The van der Waals surface area contributed by atoms with E-state index in [1.54, 1.807) is 11.3 Å². The summed E-state index contributed by atoms with van der Waals surface area (Å²) in [5.74, 6) is 1.28. The Hall–Kier alpha value is -0.940. The summed E-state index contributed by atoms with van der Waals surface area (Å²) in [5.41, 5.74) is 7.68. The van der Waals surface area contributed by atoms with Gasteiger partial charge < -0.3 is 5.73 Å². The zero-order valence-corrected chi connectivity index (χ0v) is 12.4. The number of halogens is 1. The third kappa shape index (κ3) is 2.66. The second-order valence-corrected chi connectivity index (χ2v) is 6.48. The first-order valence-electron chi connectivity index (χ1n) is 5.25. The lowest BCUT2D eigenvalue weighted by atomic mass is 9.95. The van der Waals surface area contributed by atoms with Gasteiger partial charge in [0.1, 0.15) is 11.6 Å². The highest BCUT2D eigenvalue weighted by atomic mass is 79.9. The fraction of sp³-hybridized carbons (Fsp3) is 0.333. The molecule has 0 aliphatic rings. The Morgan fingerprint density at radius 2 is 1.94 bits per heavy atom. The molecule has 0 unspecified atom stereocenters. The van der Waals surface area contributed by atoms with Crippen molar-refractivity contribution in [2.45, 2.75) is 26.2 Å². The molecule has 0 saturated carbocycles. The maximum Gasteiger partial charge on any atom is 0.136 e. The predicted molar refractivity (Wildman–Crippen MR) is 76.2 cm³/mol. The Morgan fingerprint density at radius 3 is 2.47 bits per heavy atom. The van der Waals surface area contributed by atoms with Gasteiger partial charge in [-0.25, -0.2) is 9.97 Å². The van der Waals surface area contributed by atoms with Crippen molar-refractivity contribution in [3.8, 4) is 11.3 Å². The number of rotatable bonds is 1. The molecule has 0 amide bonds. The molecule has 0 bridgehead atoms. The van der Waals surface area contributed by atoms with Crippen molar-refractivity contribution >= 4 is 33.1 Å². The van der Waals surface area contributed by atoms with Crippen molar-refractivity contribution < 1.29 is 0 Å². The molecule has 2 aromatic heterocycles. The van der Waals surface area contributed by atoms with Gasteiger partial charge in [0.25, 0.3) is 0 Å². The summed E-state index contributed by atoms with van der Waals surface area (Å²) in [5, 5.41) is 4.09. The highest BCUT2D eigenvalue weighted by Crippen LogP contribution is 2.32. The van der Waals surface area contributed by atoms with Gasteiger partial charge >= 0.3 is 0 Å². The Balaban J connectivity index is 2.57. The topological polar surface area (TPSA) is 51.8 Å². The van der Waals surface area contributed by atoms with Crippen LogP contribution in [0.1, 0.15) is 26.6 Å². The Labute approximate surface area is 113 Å². The molecule has 0 radical (unpaired) electrons. The van der Waals surface area contributed by atoms with E-state index in [4.69, 9.17) is 5.73 Å². The van der Waals surface area contributed by atoms with E-state index < -0.39 is 0 Å². The van der Waals surface area contributed by atoms with Gasteiger partial charge in [-0.1, -0.05) is 20.8 Å². The van der Waals surface area contributed by atoms with Crippen LogP contribution in [0.5, 0.6) is 0 Å². The number of aromatic nitrogens is 2. The minimum Gasteiger partial charge on any atom is -0.384 e. The lowest BCUT2D eigenvalue weighted by Gasteiger charge is -2.17. The Morgan fingerprint density at radius 1 is 1.24 bits per heavy atom. The lowest BCUT2D eigenvalue weighted by molar-refractivity contribution is 0.547. The molecule has 0 spiro atoms. The molecule has 0 saturated heterocycles. The van der Waals surface area contributed by atoms with E-state index in [1.807, 2.05) is 11.4 Å². The smallest absolute Gasteiger partial charge is 0.136 e. The van der Waals surface area contributed by atoms with Crippen LogP contribution in [0.2, 0.25) is 0 Å². The normalized spacial score (nSPS) is 11.8. The lowest BCUT2D eigenvalue weighted by Crippen LogP contribution is -2.17. The van der Waals surface area contributed by atoms with E-state index in [1.165, 1.54) is 0 Å². The molecular formula is C12H14BrN3S. The molecule has 5 heteroatoms. The van der Waals surface area contributed by atoms with Gasteiger partial charge in [0, 0.05) is 32.3 Å². The zero-order valence-electron chi connectivity index (χ0n) is 9.99. The largest absolute Gasteiger partial charge is 0.384 e. The van der Waals surface area contributed by atoms with Gasteiger partial charge in [-0.15, -0.1) is 0 Å². The third-order valence-corrected chi connectivity index (χ3v) is 4.01. The van der Waals surface area contributed by atoms with Gasteiger partial charge in [0.2, 0.25) is 0 Å². The van der Waals surface area contributed by atoms with Crippen LogP contribution in [0, 0.1) is 0 Å². The summed E-state index contributed by atoms with van der Waals surface area (Å²) in [6.45, 7) is 6.23. The zero-order chi connectivity index (χ0) is 12.6. The average Bonchev–Trinajstić information content (AvgIpc) is 2.62. The van der Waals surface area contributed by atoms with E-state index in [0.717, 1.165) is 21.6 Å². The van der Waals surface area contributed by atoms with Gasteiger partial charge in [-0.2, -0.15) is 11.3 Å². The SMILES string of the molecule is CC(C)(C)c1nc(N)cc(-c2cscc2Br)n1. The molecule has 2 N–H and O–H groups in total.